The van der Waals surface area contributed by atoms with Crippen molar-refractivity contribution in [2.75, 3.05) is 6.61 Å². The molecule has 0 aliphatic rings. The Morgan fingerprint density at radius 3 is 2.18 bits per heavy atom. The molecule has 1 atom stereocenters. The van der Waals surface area contributed by atoms with Gasteiger partial charge in [0, 0.05) is 18.7 Å². The molecule has 0 fully saturated rings. The number of hydrogen-bond acceptors (Lipinski definition) is 2. The lowest BCUT2D eigenvalue weighted by molar-refractivity contribution is 0.261. The second-order valence-electron chi connectivity index (χ2n) is 3.09. The number of aliphatic hydroxyl groups is 1. The molecule has 1 unspecified atom stereocenters. The van der Waals surface area contributed by atoms with E-state index in [1.807, 2.05) is 0 Å². The van der Waals surface area contributed by atoms with Gasteiger partial charge in [0.05, 0.1) is 0 Å². The first-order valence-corrected chi connectivity index (χ1v) is 4.61. The summed E-state index contributed by atoms with van der Waals surface area (Å²) >= 11 is 0. The Labute approximate surface area is 70.0 Å². The molecule has 0 saturated heterocycles. The van der Waals surface area contributed by atoms with Crippen molar-refractivity contribution in [3.8, 4) is 0 Å². The summed E-state index contributed by atoms with van der Waals surface area (Å²) in [5, 5.41) is 12.1. The van der Waals surface area contributed by atoms with Gasteiger partial charge in [-0.15, -0.1) is 0 Å². The third-order valence-electron chi connectivity index (χ3n) is 2.07. The molecule has 0 radical (unpaired) electrons. The fourth-order valence-electron chi connectivity index (χ4n) is 1.20. The van der Waals surface area contributed by atoms with E-state index in [9.17, 15) is 0 Å². The molecule has 0 aromatic rings. The van der Waals surface area contributed by atoms with Crippen LogP contribution in [0.15, 0.2) is 0 Å². The van der Waals surface area contributed by atoms with Crippen molar-refractivity contribution < 1.29 is 5.11 Å². The van der Waals surface area contributed by atoms with Crippen LogP contribution in [0, 0.1) is 0 Å². The molecule has 0 bridgehead atoms. The van der Waals surface area contributed by atoms with Gasteiger partial charge in [-0.1, -0.05) is 13.8 Å². The molecule has 0 spiro atoms. The second kappa shape index (κ2) is 6.62. The minimum atomic E-state index is 0.286. The van der Waals surface area contributed by atoms with Gasteiger partial charge in [0.2, 0.25) is 0 Å². The summed E-state index contributed by atoms with van der Waals surface area (Å²) in [4.78, 5) is 0. The molecule has 0 aliphatic heterocycles. The van der Waals surface area contributed by atoms with Crippen LogP contribution < -0.4 is 5.32 Å². The van der Waals surface area contributed by atoms with Crippen molar-refractivity contribution in [3.05, 3.63) is 0 Å². The summed E-state index contributed by atoms with van der Waals surface area (Å²) in [5.41, 5.74) is 0. The zero-order valence-electron chi connectivity index (χ0n) is 7.93. The maximum atomic E-state index is 8.65. The molecule has 0 heterocycles. The van der Waals surface area contributed by atoms with Gasteiger partial charge < -0.3 is 10.4 Å². The highest BCUT2D eigenvalue weighted by atomic mass is 16.3. The van der Waals surface area contributed by atoms with Crippen LogP contribution in [0.25, 0.3) is 0 Å². The Bertz CT molecular complexity index is 81.6. The smallest absolute Gasteiger partial charge is 0.0445 e. The van der Waals surface area contributed by atoms with Crippen molar-refractivity contribution in [3.63, 3.8) is 0 Å². The normalized spacial score (nSPS) is 13.9. The van der Waals surface area contributed by atoms with E-state index in [-0.39, 0.29) is 6.61 Å². The van der Waals surface area contributed by atoms with Crippen LogP contribution in [0.2, 0.25) is 0 Å². The van der Waals surface area contributed by atoms with E-state index in [4.69, 9.17) is 5.11 Å². The van der Waals surface area contributed by atoms with Crippen molar-refractivity contribution in [1.82, 2.24) is 5.32 Å². The largest absolute Gasteiger partial charge is 0.396 e. The second-order valence-corrected chi connectivity index (χ2v) is 3.09. The first-order valence-electron chi connectivity index (χ1n) is 4.61. The van der Waals surface area contributed by atoms with Crippen LogP contribution in [0.1, 0.15) is 40.0 Å². The van der Waals surface area contributed by atoms with Gasteiger partial charge in [0.15, 0.2) is 0 Å². The summed E-state index contributed by atoms with van der Waals surface area (Å²) in [6.07, 6.45) is 3.20. The van der Waals surface area contributed by atoms with E-state index in [0.717, 1.165) is 6.42 Å². The number of aliphatic hydroxyl groups excluding tert-OH is 1. The standard InChI is InChI=1S/C9H21NO/c1-4-9(5-2)10-8(3)6-7-11/h8-11H,4-7H2,1-3H3. The van der Waals surface area contributed by atoms with Crippen molar-refractivity contribution in [2.24, 2.45) is 0 Å². The lowest BCUT2D eigenvalue weighted by Crippen LogP contribution is -2.36. The van der Waals surface area contributed by atoms with Gasteiger partial charge >= 0.3 is 0 Å². The minimum Gasteiger partial charge on any atom is -0.396 e. The van der Waals surface area contributed by atoms with Crippen molar-refractivity contribution in [1.29, 1.82) is 0 Å². The topological polar surface area (TPSA) is 32.3 Å². The Kier molecular flexibility index (Phi) is 6.57. The molecule has 0 saturated carbocycles. The van der Waals surface area contributed by atoms with Crippen LogP contribution in [0.4, 0.5) is 0 Å². The van der Waals surface area contributed by atoms with Gasteiger partial charge in [-0.3, -0.25) is 0 Å². The maximum Gasteiger partial charge on any atom is 0.0445 e. The molecule has 0 amide bonds. The van der Waals surface area contributed by atoms with E-state index >= 15 is 0 Å². The Morgan fingerprint density at radius 2 is 1.82 bits per heavy atom. The van der Waals surface area contributed by atoms with E-state index < -0.39 is 0 Å². The van der Waals surface area contributed by atoms with E-state index in [2.05, 4.69) is 26.1 Å². The monoisotopic (exact) mass is 159 g/mol. The Balaban J connectivity index is 3.44. The molecular formula is C9H21NO. The van der Waals surface area contributed by atoms with Gasteiger partial charge in [-0.25, -0.2) is 0 Å². The lowest BCUT2D eigenvalue weighted by Gasteiger charge is -2.20. The minimum absolute atomic E-state index is 0.286. The summed E-state index contributed by atoms with van der Waals surface area (Å²) in [7, 11) is 0. The maximum absolute atomic E-state index is 8.65. The Morgan fingerprint density at radius 1 is 1.27 bits per heavy atom. The first-order chi connectivity index (χ1) is 5.24. The zero-order chi connectivity index (χ0) is 8.69. The molecule has 68 valence electrons. The van der Waals surface area contributed by atoms with Crippen LogP contribution in [-0.2, 0) is 0 Å². The Hall–Kier alpha value is -0.0800. The summed E-state index contributed by atoms with van der Waals surface area (Å²) in [6.45, 7) is 6.78. The number of rotatable bonds is 6. The summed E-state index contributed by atoms with van der Waals surface area (Å²) in [6, 6.07) is 1.07. The number of hydrogen-bond donors (Lipinski definition) is 2. The highest BCUT2D eigenvalue weighted by Crippen LogP contribution is 1.99. The zero-order valence-corrected chi connectivity index (χ0v) is 7.93. The van der Waals surface area contributed by atoms with Gasteiger partial charge in [-0.05, 0) is 26.2 Å². The van der Waals surface area contributed by atoms with E-state index in [0.29, 0.717) is 12.1 Å². The van der Waals surface area contributed by atoms with Crippen LogP contribution in [0.5, 0.6) is 0 Å². The lowest BCUT2D eigenvalue weighted by atomic mass is 10.1. The van der Waals surface area contributed by atoms with Crippen LogP contribution in [-0.4, -0.2) is 23.8 Å². The number of nitrogens with one attached hydrogen (secondary N) is 1. The molecule has 11 heavy (non-hydrogen) atoms. The van der Waals surface area contributed by atoms with Crippen molar-refractivity contribution in [2.45, 2.75) is 52.1 Å². The first kappa shape index (κ1) is 10.9. The average molecular weight is 159 g/mol. The molecule has 2 heteroatoms. The average Bonchev–Trinajstić information content (AvgIpc) is 2.01. The predicted octanol–water partition coefficient (Wildman–Crippen LogP) is 1.54. The molecule has 0 aliphatic carbocycles. The third kappa shape index (κ3) is 5.22. The third-order valence-corrected chi connectivity index (χ3v) is 2.07. The van der Waals surface area contributed by atoms with Gasteiger partial charge in [0.1, 0.15) is 0 Å². The van der Waals surface area contributed by atoms with Crippen LogP contribution in [0.3, 0.4) is 0 Å². The summed E-state index contributed by atoms with van der Waals surface area (Å²) < 4.78 is 0. The molecule has 0 rings (SSSR count). The predicted molar refractivity (Wildman–Crippen MR) is 48.7 cm³/mol. The highest BCUT2D eigenvalue weighted by molar-refractivity contribution is 4.68. The molecule has 2 nitrogen and oxygen atoms in total. The van der Waals surface area contributed by atoms with E-state index in [1.54, 1.807) is 0 Å². The molecule has 0 aromatic heterocycles. The molecule has 0 aromatic carbocycles. The highest BCUT2D eigenvalue weighted by Gasteiger charge is 2.06. The quantitative estimate of drug-likeness (QED) is 0.616. The summed E-state index contributed by atoms with van der Waals surface area (Å²) in [5.74, 6) is 0. The molecular weight excluding hydrogens is 138 g/mol. The molecule has 2 N–H and O–H groups in total. The van der Waals surface area contributed by atoms with Crippen molar-refractivity contribution >= 4 is 0 Å². The van der Waals surface area contributed by atoms with Gasteiger partial charge in [0.25, 0.3) is 0 Å². The fraction of sp³-hybridized carbons (Fsp3) is 1.00. The fourth-order valence-corrected chi connectivity index (χ4v) is 1.20. The van der Waals surface area contributed by atoms with Gasteiger partial charge in [-0.2, -0.15) is 0 Å². The van der Waals surface area contributed by atoms with Crippen LogP contribution >= 0.6 is 0 Å². The SMILES string of the molecule is CCC(CC)NC(C)CCO. The van der Waals surface area contributed by atoms with E-state index in [1.165, 1.54) is 12.8 Å².